The van der Waals surface area contributed by atoms with Crippen molar-refractivity contribution in [1.29, 1.82) is 0 Å². The number of nitrogens with one attached hydrogen (secondary N) is 1. The van der Waals surface area contributed by atoms with E-state index in [1.807, 2.05) is 0 Å². The summed E-state index contributed by atoms with van der Waals surface area (Å²) < 4.78 is 0. The molecule has 1 heterocycles. The zero-order valence-electron chi connectivity index (χ0n) is 11.3. The molecule has 94 valence electrons. The van der Waals surface area contributed by atoms with Crippen molar-refractivity contribution in [2.75, 3.05) is 19.6 Å². The fourth-order valence-corrected chi connectivity index (χ4v) is 3.35. The summed E-state index contributed by atoms with van der Waals surface area (Å²) in [5.74, 6) is 0. The van der Waals surface area contributed by atoms with Gasteiger partial charge in [0.1, 0.15) is 0 Å². The minimum Gasteiger partial charge on any atom is -0.314 e. The van der Waals surface area contributed by atoms with Crippen LogP contribution in [0.4, 0.5) is 0 Å². The SMILES string of the molecule is CCC1CNCCN1C1CCC(C)(C)CC1. The smallest absolute Gasteiger partial charge is 0.0221 e. The summed E-state index contributed by atoms with van der Waals surface area (Å²) in [6, 6.07) is 1.67. The van der Waals surface area contributed by atoms with Crippen molar-refractivity contribution in [1.82, 2.24) is 10.2 Å². The molecule has 1 unspecified atom stereocenters. The van der Waals surface area contributed by atoms with Crippen LogP contribution in [0.15, 0.2) is 0 Å². The topological polar surface area (TPSA) is 15.3 Å². The van der Waals surface area contributed by atoms with E-state index in [2.05, 4.69) is 31.0 Å². The maximum atomic E-state index is 3.53. The largest absolute Gasteiger partial charge is 0.314 e. The van der Waals surface area contributed by atoms with Gasteiger partial charge in [-0.2, -0.15) is 0 Å². The van der Waals surface area contributed by atoms with E-state index in [9.17, 15) is 0 Å². The zero-order valence-corrected chi connectivity index (χ0v) is 11.3. The van der Waals surface area contributed by atoms with Crippen LogP contribution in [0.25, 0.3) is 0 Å². The number of nitrogens with zero attached hydrogens (tertiary/aromatic N) is 1. The van der Waals surface area contributed by atoms with Gasteiger partial charge in [0.15, 0.2) is 0 Å². The summed E-state index contributed by atoms with van der Waals surface area (Å²) in [5.41, 5.74) is 0.603. The molecule has 0 bridgehead atoms. The molecule has 0 aromatic carbocycles. The Kier molecular flexibility index (Phi) is 3.91. The van der Waals surface area contributed by atoms with E-state index in [0.29, 0.717) is 5.41 Å². The van der Waals surface area contributed by atoms with E-state index in [1.165, 1.54) is 51.7 Å². The predicted octanol–water partition coefficient (Wildman–Crippen LogP) is 2.64. The van der Waals surface area contributed by atoms with Crippen molar-refractivity contribution in [2.45, 2.75) is 65.0 Å². The van der Waals surface area contributed by atoms with Crippen LogP contribution in [0, 0.1) is 5.41 Å². The van der Waals surface area contributed by atoms with E-state index < -0.39 is 0 Å². The third kappa shape index (κ3) is 2.78. The minimum atomic E-state index is 0.603. The van der Waals surface area contributed by atoms with Gasteiger partial charge in [-0.25, -0.2) is 0 Å². The van der Waals surface area contributed by atoms with Crippen LogP contribution in [0.3, 0.4) is 0 Å². The van der Waals surface area contributed by atoms with Crippen molar-refractivity contribution in [2.24, 2.45) is 5.41 Å². The molecule has 0 aromatic heterocycles. The molecule has 2 rings (SSSR count). The molecule has 1 saturated heterocycles. The van der Waals surface area contributed by atoms with Gasteiger partial charge in [-0.3, -0.25) is 4.90 Å². The first kappa shape index (κ1) is 12.4. The Balaban J connectivity index is 1.91. The lowest BCUT2D eigenvalue weighted by Crippen LogP contribution is -2.55. The number of hydrogen-bond donors (Lipinski definition) is 1. The second kappa shape index (κ2) is 5.05. The molecular formula is C14H28N2. The van der Waals surface area contributed by atoms with Gasteiger partial charge < -0.3 is 5.32 Å². The van der Waals surface area contributed by atoms with Gasteiger partial charge in [0.05, 0.1) is 0 Å². The van der Waals surface area contributed by atoms with Gasteiger partial charge in [-0.1, -0.05) is 20.8 Å². The Morgan fingerprint density at radius 1 is 1.25 bits per heavy atom. The fraction of sp³-hybridized carbons (Fsp3) is 1.00. The van der Waals surface area contributed by atoms with Gasteiger partial charge in [0.2, 0.25) is 0 Å². The van der Waals surface area contributed by atoms with E-state index in [1.54, 1.807) is 0 Å². The molecule has 1 N–H and O–H groups in total. The standard InChI is InChI=1S/C14H28N2/c1-4-12-11-15-9-10-16(12)13-5-7-14(2,3)8-6-13/h12-13,15H,4-11H2,1-3H3. The number of hydrogen-bond acceptors (Lipinski definition) is 2. The van der Waals surface area contributed by atoms with Crippen molar-refractivity contribution >= 4 is 0 Å². The molecule has 2 heteroatoms. The summed E-state index contributed by atoms with van der Waals surface area (Å²) >= 11 is 0. The molecule has 2 nitrogen and oxygen atoms in total. The summed E-state index contributed by atoms with van der Waals surface area (Å²) in [6.07, 6.45) is 6.97. The maximum Gasteiger partial charge on any atom is 0.0221 e. The van der Waals surface area contributed by atoms with Gasteiger partial charge in [-0.15, -0.1) is 0 Å². The van der Waals surface area contributed by atoms with Crippen molar-refractivity contribution in [3.63, 3.8) is 0 Å². The summed E-state index contributed by atoms with van der Waals surface area (Å²) in [7, 11) is 0. The third-order valence-corrected chi connectivity index (χ3v) is 4.64. The molecule has 0 amide bonds. The van der Waals surface area contributed by atoms with Crippen molar-refractivity contribution < 1.29 is 0 Å². The van der Waals surface area contributed by atoms with Crippen molar-refractivity contribution in [3.8, 4) is 0 Å². The Labute approximate surface area is 101 Å². The zero-order chi connectivity index (χ0) is 11.6. The summed E-state index contributed by atoms with van der Waals surface area (Å²) in [5, 5.41) is 3.53. The lowest BCUT2D eigenvalue weighted by atomic mass is 9.75. The molecular weight excluding hydrogens is 196 g/mol. The Morgan fingerprint density at radius 3 is 2.56 bits per heavy atom. The average Bonchev–Trinajstić information content (AvgIpc) is 2.29. The molecule has 2 aliphatic rings. The summed E-state index contributed by atoms with van der Waals surface area (Å²) in [4.78, 5) is 2.80. The third-order valence-electron chi connectivity index (χ3n) is 4.64. The summed E-state index contributed by atoms with van der Waals surface area (Å²) in [6.45, 7) is 10.9. The maximum absolute atomic E-state index is 3.53. The van der Waals surface area contributed by atoms with Crippen LogP contribution < -0.4 is 5.32 Å². The van der Waals surface area contributed by atoms with Crippen LogP contribution in [0.1, 0.15) is 52.9 Å². The molecule has 0 spiro atoms. The average molecular weight is 224 g/mol. The first-order chi connectivity index (χ1) is 7.62. The van der Waals surface area contributed by atoms with Gasteiger partial charge in [0, 0.05) is 31.7 Å². The predicted molar refractivity (Wildman–Crippen MR) is 69.7 cm³/mol. The first-order valence-electron chi connectivity index (χ1n) is 7.09. The minimum absolute atomic E-state index is 0.603. The lowest BCUT2D eigenvalue weighted by molar-refractivity contribution is 0.0541. The van der Waals surface area contributed by atoms with E-state index in [4.69, 9.17) is 0 Å². The number of rotatable bonds is 2. The van der Waals surface area contributed by atoms with Crippen LogP contribution in [0.2, 0.25) is 0 Å². The highest BCUT2D eigenvalue weighted by Gasteiger charge is 2.33. The highest BCUT2D eigenvalue weighted by molar-refractivity contribution is 4.89. The van der Waals surface area contributed by atoms with E-state index in [-0.39, 0.29) is 0 Å². The van der Waals surface area contributed by atoms with Crippen molar-refractivity contribution in [3.05, 3.63) is 0 Å². The van der Waals surface area contributed by atoms with E-state index in [0.717, 1.165) is 12.1 Å². The van der Waals surface area contributed by atoms with Gasteiger partial charge >= 0.3 is 0 Å². The Bertz CT molecular complexity index is 215. The second-order valence-corrected chi connectivity index (χ2v) is 6.40. The quantitative estimate of drug-likeness (QED) is 0.776. The van der Waals surface area contributed by atoms with Crippen LogP contribution in [0.5, 0.6) is 0 Å². The van der Waals surface area contributed by atoms with Crippen LogP contribution >= 0.6 is 0 Å². The second-order valence-electron chi connectivity index (χ2n) is 6.40. The van der Waals surface area contributed by atoms with Crippen LogP contribution in [-0.4, -0.2) is 36.6 Å². The van der Waals surface area contributed by atoms with E-state index >= 15 is 0 Å². The normalized spacial score (nSPS) is 32.8. The van der Waals surface area contributed by atoms with Gasteiger partial charge in [-0.05, 0) is 37.5 Å². The Hall–Kier alpha value is -0.0800. The molecule has 1 atom stereocenters. The monoisotopic (exact) mass is 224 g/mol. The number of piperazine rings is 1. The molecule has 2 fully saturated rings. The first-order valence-corrected chi connectivity index (χ1v) is 7.09. The van der Waals surface area contributed by atoms with Gasteiger partial charge in [0.25, 0.3) is 0 Å². The highest BCUT2D eigenvalue weighted by Crippen LogP contribution is 2.37. The lowest BCUT2D eigenvalue weighted by Gasteiger charge is -2.45. The molecule has 1 saturated carbocycles. The molecule has 1 aliphatic heterocycles. The fourth-order valence-electron chi connectivity index (χ4n) is 3.35. The molecule has 16 heavy (non-hydrogen) atoms. The molecule has 0 radical (unpaired) electrons. The molecule has 1 aliphatic carbocycles. The van der Waals surface area contributed by atoms with Crippen LogP contribution in [-0.2, 0) is 0 Å². The Morgan fingerprint density at radius 2 is 1.94 bits per heavy atom. The molecule has 0 aromatic rings. The highest BCUT2D eigenvalue weighted by atomic mass is 15.2.